The monoisotopic (exact) mass is 389 g/mol. The topological polar surface area (TPSA) is 93.3 Å². The Morgan fingerprint density at radius 1 is 1.30 bits per heavy atom. The molecular weight excluding hydrogens is 366 g/mol. The van der Waals surface area contributed by atoms with Crippen molar-refractivity contribution < 1.29 is 12.8 Å². The summed E-state index contributed by atoms with van der Waals surface area (Å²) in [5.41, 5.74) is 2.67. The Morgan fingerprint density at radius 2 is 2.07 bits per heavy atom. The van der Waals surface area contributed by atoms with Crippen molar-refractivity contribution >= 4 is 27.1 Å². The Labute approximate surface area is 158 Å². The summed E-state index contributed by atoms with van der Waals surface area (Å²) in [6.07, 6.45) is 1.85. The largest absolute Gasteiger partial charge is 0.423 e. The Morgan fingerprint density at radius 3 is 2.78 bits per heavy atom. The van der Waals surface area contributed by atoms with Crippen molar-refractivity contribution in [2.24, 2.45) is 7.05 Å². The van der Waals surface area contributed by atoms with E-state index < -0.39 is 10.0 Å². The van der Waals surface area contributed by atoms with Gasteiger partial charge in [0.15, 0.2) is 5.58 Å². The predicted molar refractivity (Wildman–Crippen MR) is 102 cm³/mol. The highest BCUT2D eigenvalue weighted by molar-refractivity contribution is 7.89. The second-order valence-corrected chi connectivity index (χ2v) is 8.63. The number of anilines is 1. The van der Waals surface area contributed by atoms with Gasteiger partial charge in [0, 0.05) is 26.2 Å². The van der Waals surface area contributed by atoms with Gasteiger partial charge in [-0.3, -0.25) is 4.68 Å². The molecule has 0 saturated carbocycles. The highest BCUT2D eigenvalue weighted by Gasteiger charge is 2.31. The lowest BCUT2D eigenvalue weighted by molar-refractivity contribution is 0.533. The first-order valence-electron chi connectivity index (χ1n) is 8.99. The summed E-state index contributed by atoms with van der Waals surface area (Å²) in [6, 6.07) is 8.17. The summed E-state index contributed by atoms with van der Waals surface area (Å²) in [4.78, 5) is 6.86. The molecule has 1 saturated heterocycles. The molecule has 1 atom stereocenters. The van der Waals surface area contributed by atoms with E-state index in [0.717, 1.165) is 30.5 Å². The molecule has 8 nitrogen and oxygen atoms in total. The Bertz CT molecular complexity index is 1050. The maximum absolute atomic E-state index is 12.8. The van der Waals surface area contributed by atoms with Crippen LogP contribution in [0.5, 0.6) is 0 Å². The lowest BCUT2D eigenvalue weighted by Crippen LogP contribution is -2.40. The van der Waals surface area contributed by atoms with E-state index >= 15 is 0 Å². The molecule has 2 aromatic heterocycles. The Balaban J connectivity index is 1.53. The molecule has 1 N–H and O–H groups in total. The van der Waals surface area contributed by atoms with Gasteiger partial charge in [0.2, 0.25) is 10.0 Å². The van der Waals surface area contributed by atoms with Crippen molar-refractivity contribution in [2.45, 2.75) is 37.6 Å². The minimum absolute atomic E-state index is 0.00474. The number of nitrogens with zero attached hydrogens (tertiary/aromatic N) is 4. The van der Waals surface area contributed by atoms with Crippen LogP contribution in [-0.2, 0) is 17.1 Å². The van der Waals surface area contributed by atoms with Crippen molar-refractivity contribution in [1.29, 1.82) is 0 Å². The van der Waals surface area contributed by atoms with Crippen LogP contribution in [0.1, 0.15) is 24.2 Å². The van der Waals surface area contributed by atoms with Crippen molar-refractivity contribution in [3.05, 3.63) is 35.7 Å². The molecular formula is C18H23N5O3S. The predicted octanol–water partition coefficient (Wildman–Crippen LogP) is 2.13. The molecule has 1 aromatic carbocycles. The number of para-hydroxylation sites is 2. The number of rotatable bonds is 5. The first kappa shape index (κ1) is 18.0. The van der Waals surface area contributed by atoms with E-state index in [4.69, 9.17) is 4.42 Å². The van der Waals surface area contributed by atoms with Crippen LogP contribution in [0.4, 0.5) is 6.01 Å². The highest BCUT2D eigenvalue weighted by Crippen LogP contribution is 2.28. The number of oxazole rings is 1. The van der Waals surface area contributed by atoms with Gasteiger partial charge in [-0.15, -0.1) is 0 Å². The zero-order chi connectivity index (χ0) is 19.2. The van der Waals surface area contributed by atoms with E-state index in [-0.39, 0.29) is 10.9 Å². The average molecular weight is 389 g/mol. The zero-order valence-corrected chi connectivity index (χ0v) is 16.5. The molecule has 0 spiro atoms. The van der Waals surface area contributed by atoms with Gasteiger partial charge in [0.25, 0.3) is 6.01 Å². The number of nitrogens with one attached hydrogen (secondary N) is 1. The molecule has 0 aliphatic carbocycles. The van der Waals surface area contributed by atoms with E-state index in [1.165, 1.54) is 0 Å². The molecule has 1 fully saturated rings. The summed E-state index contributed by atoms with van der Waals surface area (Å²) in [7, 11) is -1.89. The number of benzene rings is 1. The SMILES string of the molecule is Cc1nn(C)c(C)c1S(=O)(=O)NCC1CCCN1c1nc2ccccc2o1. The van der Waals surface area contributed by atoms with Crippen LogP contribution in [0.3, 0.4) is 0 Å². The molecule has 27 heavy (non-hydrogen) atoms. The van der Waals surface area contributed by atoms with Crippen molar-refractivity contribution in [1.82, 2.24) is 19.5 Å². The number of aryl methyl sites for hydroxylation is 2. The number of fused-ring (bicyclic) bond motifs is 1. The molecule has 1 aliphatic rings. The van der Waals surface area contributed by atoms with Gasteiger partial charge in [0.05, 0.1) is 11.4 Å². The quantitative estimate of drug-likeness (QED) is 0.718. The molecule has 0 amide bonds. The molecule has 3 aromatic rings. The van der Waals surface area contributed by atoms with Crippen molar-refractivity contribution in [3.8, 4) is 0 Å². The number of sulfonamides is 1. The fraction of sp³-hybridized carbons (Fsp3) is 0.444. The standard InChI is InChI=1S/C18H23N5O3S/c1-12-17(13(2)22(3)21-12)27(24,25)19-11-14-7-6-10-23(14)18-20-15-8-4-5-9-16(15)26-18/h4-5,8-9,14,19H,6-7,10-11H2,1-3H3. The van der Waals surface area contributed by atoms with E-state index in [2.05, 4.69) is 14.8 Å². The third-order valence-corrected chi connectivity index (χ3v) is 6.80. The third kappa shape index (κ3) is 3.21. The molecule has 1 unspecified atom stereocenters. The summed E-state index contributed by atoms with van der Waals surface area (Å²) in [5, 5.41) is 4.21. The van der Waals surface area contributed by atoms with Gasteiger partial charge in [-0.2, -0.15) is 10.1 Å². The van der Waals surface area contributed by atoms with Crippen LogP contribution >= 0.6 is 0 Å². The summed E-state index contributed by atoms with van der Waals surface area (Å²) < 4.78 is 35.8. The van der Waals surface area contributed by atoms with Gasteiger partial charge in [-0.1, -0.05) is 12.1 Å². The van der Waals surface area contributed by atoms with Gasteiger partial charge in [-0.05, 0) is 38.8 Å². The van der Waals surface area contributed by atoms with Gasteiger partial charge in [-0.25, -0.2) is 13.1 Å². The second kappa shape index (κ2) is 6.65. The maximum atomic E-state index is 12.8. The Hall–Kier alpha value is -2.39. The lowest BCUT2D eigenvalue weighted by Gasteiger charge is -2.23. The van der Waals surface area contributed by atoms with Gasteiger partial charge in [0.1, 0.15) is 10.4 Å². The number of hydrogen-bond acceptors (Lipinski definition) is 6. The van der Waals surface area contributed by atoms with Crippen LogP contribution in [0.25, 0.3) is 11.1 Å². The third-order valence-electron chi connectivity index (χ3n) is 5.13. The molecule has 0 radical (unpaired) electrons. The van der Waals surface area contributed by atoms with E-state index in [1.807, 2.05) is 29.2 Å². The maximum Gasteiger partial charge on any atom is 0.298 e. The number of hydrogen-bond donors (Lipinski definition) is 1. The summed E-state index contributed by atoms with van der Waals surface area (Å²) in [6.45, 7) is 4.56. The van der Waals surface area contributed by atoms with Crippen LogP contribution in [0.2, 0.25) is 0 Å². The molecule has 4 rings (SSSR count). The highest BCUT2D eigenvalue weighted by atomic mass is 32.2. The van der Waals surface area contributed by atoms with Crippen LogP contribution < -0.4 is 9.62 Å². The smallest absolute Gasteiger partial charge is 0.298 e. The fourth-order valence-electron chi connectivity index (χ4n) is 3.70. The average Bonchev–Trinajstić information content (AvgIpc) is 3.30. The summed E-state index contributed by atoms with van der Waals surface area (Å²) in [5.74, 6) is 0. The van der Waals surface area contributed by atoms with E-state index in [9.17, 15) is 8.42 Å². The van der Waals surface area contributed by atoms with Crippen molar-refractivity contribution in [2.75, 3.05) is 18.0 Å². The second-order valence-electron chi connectivity index (χ2n) is 6.93. The minimum atomic E-state index is -3.63. The lowest BCUT2D eigenvalue weighted by atomic mass is 10.2. The number of aromatic nitrogens is 3. The fourth-order valence-corrected chi connectivity index (χ4v) is 5.21. The van der Waals surface area contributed by atoms with Crippen molar-refractivity contribution in [3.63, 3.8) is 0 Å². The molecule has 1 aliphatic heterocycles. The first-order valence-corrected chi connectivity index (χ1v) is 10.5. The van der Waals surface area contributed by atoms with Crippen LogP contribution in [-0.4, -0.2) is 42.3 Å². The van der Waals surface area contributed by atoms with Gasteiger partial charge >= 0.3 is 0 Å². The van der Waals surface area contributed by atoms with Gasteiger partial charge < -0.3 is 9.32 Å². The summed E-state index contributed by atoms with van der Waals surface area (Å²) >= 11 is 0. The molecule has 0 bridgehead atoms. The van der Waals surface area contributed by atoms with E-state index in [1.54, 1.807) is 25.6 Å². The minimum Gasteiger partial charge on any atom is -0.423 e. The van der Waals surface area contributed by atoms with Crippen LogP contribution in [0, 0.1) is 13.8 Å². The first-order chi connectivity index (χ1) is 12.9. The van der Waals surface area contributed by atoms with E-state index in [0.29, 0.717) is 23.9 Å². The molecule has 3 heterocycles. The Kier molecular flexibility index (Phi) is 4.43. The zero-order valence-electron chi connectivity index (χ0n) is 15.6. The normalized spacial score (nSPS) is 17.9. The molecule has 9 heteroatoms. The van der Waals surface area contributed by atoms with Crippen LogP contribution in [0.15, 0.2) is 33.6 Å². The molecule has 144 valence electrons.